The second kappa shape index (κ2) is 9.94. The first-order chi connectivity index (χ1) is 17.4. The van der Waals surface area contributed by atoms with Crippen LogP contribution in [0.1, 0.15) is 56.4 Å². The minimum atomic E-state index is -0.201. The van der Waals surface area contributed by atoms with Crippen molar-refractivity contribution in [1.82, 2.24) is 10.5 Å². The van der Waals surface area contributed by atoms with Gasteiger partial charge >= 0.3 is 0 Å². The van der Waals surface area contributed by atoms with Crippen molar-refractivity contribution >= 4 is 17.3 Å². The van der Waals surface area contributed by atoms with Gasteiger partial charge in [-0.25, -0.2) is 0 Å². The SMILES string of the molecule is Cc1ccc(C(NC(=O)Cc2ccc3c(c2)N=C(Cc2c(C)noc2C)C3)c2ccccc2)c(C)c1. The van der Waals surface area contributed by atoms with Gasteiger partial charge in [0.25, 0.3) is 0 Å². The van der Waals surface area contributed by atoms with Gasteiger partial charge in [-0.15, -0.1) is 0 Å². The smallest absolute Gasteiger partial charge is 0.225 e. The zero-order valence-electron chi connectivity index (χ0n) is 21.3. The molecule has 1 aliphatic heterocycles. The molecule has 182 valence electrons. The number of aryl methyl sites for hydroxylation is 4. The molecule has 2 heterocycles. The van der Waals surface area contributed by atoms with Gasteiger partial charge in [0.05, 0.1) is 23.8 Å². The summed E-state index contributed by atoms with van der Waals surface area (Å²) in [6.45, 7) is 8.09. The highest BCUT2D eigenvalue weighted by Gasteiger charge is 2.21. The lowest BCUT2D eigenvalue weighted by atomic mass is 9.93. The van der Waals surface area contributed by atoms with E-state index in [2.05, 4.69) is 60.7 Å². The van der Waals surface area contributed by atoms with Crippen molar-refractivity contribution < 1.29 is 9.32 Å². The van der Waals surface area contributed by atoms with Gasteiger partial charge < -0.3 is 9.84 Å². The maximum Gasteiger partial charge on any atom is 0.225 e. The van der Waals surface area contributed by atoms with Crippen LogP contribution in [0.25, 0.3) is 0 Å². The van der Waals surface area contributed by atoms with Gasteiger partial charge in [-0.2, -0.15) is 0 Å². The zero-order valence-corrected chi connectivity index (χ0v) is 21.3. The van der Waals surface area contributed by atoms with E-state index in [1.54, 1.807) is 0 Å². The molecule has 0 saturated heterocycles. The molecule has 1 aliphatic rings. The largest absolute Gasteiger partial charge is 0.361 e. The third kappa shape index (κ3) is 5.01. The summed E-state index contributed by atoms with van der Waals surface area (Å²) in [5.74, 6) is 0.835. The van der Waals surface area contributed by atoms with Crippen molar-refractivity contribution in [2.45, 2.75) is 53.0 Å². The van der Waals surface area contributed by atoms with E-state index in [0.717, 1.165) is 57.9 Å². The predicted molar refractivity (Wildman–Crippen MR) is 143 cm³/mol. The van der Waals surface area contributed by atoms with Crippen LogP contribution in [0.15, 0.2) is 76.2 Å². The molecule has 1 atom stereocenters. The number of nitrogens with zero attached hydrogens (tertiary/aromatic N) is 2. The molecule has 1 N–H and O–H groups in total. The lowest BCUT2D eigenvalue weighted by Crippen LogP contribution is -2.31. The topological polar surface area (TPSA) is 67.5 Å². The minimum absolute atomic E-state index is 0.0123. The Morgan fingerprint density at radius 1 is 1.00 bits per heavy atom. The normalized spacial score (nSPS) is 13.3. The molecule has 5 heteroatoms. The summed E-state index contributed by atoms with van der Waals surface area (Å²) in [7, 11) is 0. The molecule has 5 nitrogen and oxygen atoms in total. The van der Waals surface area contributed by atoms with Crippen molar-refractivity contribution in [3.63, 3.8) is 0 Å². The number of benzene rings is 3. The summed E-state index contributed by atoms with van der Waals surface area (Å²) in [4.78, 5) is 18.1. The monoisotopic (exact) mass is 477 g/mol. The molecule has 4 aromatic rings. The molecule has 5 rings (SSSR count). The first kappa shape index (κ1) is 23.7. The average molecular weight is 478 g/mol. The van der Waals surface area contributed by atoms with Gasteiger partial charge in [0.1, 0.15) is 5.76 Å². The molecule has 3 aromatic carbocycles. The number of aliphatic imine (C=N–C) groups is 1. The van der Waals surface area contributed by atoms with Gasteiger partial charge in [0, 0.05) is 24.1 Å². The quantitative estimate of drug-likeness (QED) is 0.343. The van der Waals surface area contributed by atoms with E-state index in [4.69, 9.17) is 9.52 Å². The number of hydrogen-bond acceptors (Lipinski definition) is 4. The van der Waals surface area contributed by atoms with Crippen LogP contribution in [0, 0.1) is 27.7 Å². The van der Waals surface area contributed by atoms with Crippen molar-refractivity contribution in [3.05, 3.63) is 117 Å². The highest BCUT2D eigenvalue weighted by molar-refractivity contribution is 5.95. The van der Waals surface area contributed by atoms with E-state index in [0.29, 0.717) is 6.42 Å². The van der Waals surface area contributed by atoms with Crippen LogP contribution in [-0.2, 0) is 24.1 Å². The van der Waals surface area contributed by atoms with E-state index < -0.39 is 0 Å². The van der Waals surface area contributed by atoms with E-state index in [9.17, 15) is 4.79 Å². The number of carbonyl (C=O) groups excluding carboxylic acids is 1. The molecule has 0 spiro atoms. The van der Waals surface area contributed by atoms with E-state index in [1.165, 1.54) is 16.7 Å². The Morgan fingerprint density at radius 2 is 1.81 bits per heavy atom. The molecule has 1 amide bonds. The third-order valence-electron chi connectivity index (χ3n) is 6.92. The number of fused-ring (bicyclic) bond motifs is 1. The van der Waals surface area contributed by atoms with Gasteiger partial charge in [-0.1, -0.05) is 71.4 Å². The Labute approximate surface area is 212 Å². The summed E-state index contributed by atoms with van der Waals surface area (Å²) in [5, 5.41) is 7.34. The van der Waals surface area contributed by atoms with Gasteiger partial charge in [0.15, 0.2) is 0 Å². The fourth-order valence-electron chi connectivity index (χ4n) is 5.00. The van der Waals surface area contributed by atoms with Crippen LogP contribution in [0.3, 0.4) is 0 Å². The Bertz CT molecular complexity index is 1430. The number of rotatable bonds is 7. The summed E-state index contributed by atoms with van der Waals surface area (Å²) in [6.07, 6.45) is 1.85. The fourth-order valence-corrected chi connectivity index (χ4v) is 5.00. The Balaban J connectivity index is 1.33. The molecule has 0 aliphatic carbocycles. The molecule has 0 fully saturated rings. The Morgan fingerprint density at radius 3 is 2.53 bits per heavy atom. The van der Waals surface area contributed by atoms with Crippen molar-refractivity contribution in [2.75, 3.05) is 0 Å². The molecule has 1 unspecified atom stereocenters. The second-order valence-electron chi connectivity index (χ2n) is 9.75. The number of nitrogens with one attached hydrogen (secondary N) is 1. The molecule has 1 aromatic heterocycles. The number of hydrogen-bond donors (Lipinski definition) is 1. The van der Waals surface area contributed by atoms with Crippen LogP contribution >= 0.6 is 0 Å². The molecular formula is C31H31N3O2. The molecule has 0 saturated carbocycles. The van der Waals surface area contributed by atoms with Gasteiger partial charge in [-0.05, 0) is 61.6 Å². The number of carbonyl (C=O) groups is 1. The van der Waals surface area contributed by atoms with E-state index in [-0.39, 0.29) is 11.9 Å². The molecule has 0 radical (unpaired) electrons. The zero-order chi connectivity index (χ0) is 25.2. The maximum atomic E-state index is 13.2. The summed E-state index contributed by atoms with van der Waals surface area (Å²) >= 11 is 0. The van der Waals surface area contributed by atoms with E-state index in [1.807, 2.05) is 44.2 Å². The highest BCUT2D eigenvalue weighted by atomic mass is 16.5. The van der Waals surface area contributed by atoms with Crippen molar-refractivity contribution in [2.24, 2.45) is 4.99 Å². The van der Waals surface area contributed by atoms with Crippen molar-refractivity contribution in [3.8, 4) is 0 Å². The van der Waals surface area contributed by atoms with Gasteiger partial charge in [-0.3, -0.25) is 9.79 Å². The molecule has 36 heavy (non-hydrogen) atoms. The van der Waals surface area contributed by atoms with E-state index >= 15 is 0 Å². The molecule has 0 bridgehead atoms. The Kier molecular flexibility index (Phi) is 6.55. The third-order valence-corrected chi connectivity index (χ3v) is 6.92. The summed E-state index contributed by atoms with van der Waals surface area (Å²) in [6, 6.07) is 22.5. The predicted octanol–water partition coefficient (Wildman–Crippen LogP) is 6.23. The average Bonchev–Trinajstić information content (AvgIpc) is 3.41. The number of amides is 1. The Hall–Kier alpha value is -3.99. The standard InChI is InChI=1S/C31H31N3O2/c1-19-10-13-27(20(2)14-19)31(24-8-6-5-7-9-24)33-30(35)16-23-11-12-25-17-26(32-29(25)15-23)18-28-21(3)34-36-22(28)4/h5-15,31H,16-18H2,1-4H3,(H,33,35). The fraction of sp³-hybridized carbons (Fsp3) is 0.258. The molecular weight excluding hydrogens is 446 g/mol. The second-order valence-corrected chi connectivity index (χ2v) is 9.75. The number of aromatic nitrogens is 1. The van der Waals surface area contributed by atoms with Gasteiger partial charge in [0.2, 0.25) is 5.91 Å². The van der Waals surface area contributed by atoms with Crippen molar-refractivity contribution in [1.29, 1.82) is 0 Å². The van der Waals surface area contributed by atoms with Crippen LogP contribution in [0.2, 0.25) is 0 Å². The highest BCUT2D eigenvalue weighted by Crippen LogP contribution is 2.30. The maximum absolute atomic E-state index is 13.2. The minimum Gasteiger partial charge on any atom is -0.361 e. The summed E-state index contributed by atoms with van der Waals surface area (Å²) < 4.78 is 5.30. The summed E-state index contributed by atoms with van der Waals surface area (Å²) in [5.41, 5.74) is 10.8. The lowest BCUT2D eigenvalue weighted by molar-refractivity contribution is -0.120. The van der Waals surface area contributed by atoms with Crippen LogP contribution in [0.4, 0.5) is 5.69 Å². The lowest BCUT2D eigenvalue weighted by Gasteiger charge is -2.22. The van der Waals surface area contributed by atoms with Crippen LogP contribution < -0.4 is 5.32 Å². The first-order valence-electron chi connectivity index (χ1n) is 12.4. The van der Waals surface area contributed by atoms with Crippen LogP contribution in [0.5, 0.6) is 0 Å². The first-order valence-corrected chi connectivity index (χ1v) is 12.4. The van der Waals surface area contributed by atoms with Crippen LogP contribution in [-0.4, -0.2) is 16.8 Å².